The van der Waals surface area contributed by atoms with Gasteiger partial charge in [-0.25, -0.2) is 0 Å². The Balaban J connectivity index is 2.13. The lowest BCUT2D eigenvalue weighted by Gasteiger charge is -2.11. The van der Waals surface area contributed by atoms with Gasteiger partial charge in [-0.3, -0.25) is 4.79 Å². The second kappa shape index (κ2) is 6.18. The summed E-state index contributed by atoms with van der Waals surface area (Å²) in [6.07, 6.45) is -4.76. The Labute approximate surface area is 124 Å². The number of hydrogen-bond acceptors (Lipinski definition) is 2. The van der Waals surface area contributed by atoms with E-state index in [0.717, 1.165) is 12.1 Å². The third kappa shape index (κ3) is 4.23. The van der Waals surface area contributed by atoms with Crippen molar-refractivity contribution < 1.29 is 22.7 Å². The molecule has 0 aliphatic carbocycles. The van der Waals surface area contributed by atoms with E-state index in [-0.39, 0.29) is 17.1 Å². The summed E-state index contributed by atoms with van der Waals surface area (Å²) in [5.41, 5.74) is 0.841. The Morgan fingerprint density at radius 2 is 1.57 bits per heavy atom. The van der Waals surface area contributed by atoms with E-state index < -0.39 is 11.7 Å². The number of halogens is 4. The highest BCUT2D eigenvalue weighted by atomic mass is 35.5. The number of carbonyl (C=O) groups excluding carboxylic acids is 1. The Hall–Kier alpha value is -2.01. The summed E-state index contributed by atoms with van der Waals surface area (Å²) >= 11 is 6.08. The first kappa shape index (κ1) is 15.4. The first-order valence-electron chi connectivity index (χ1n) is 5.96. The highest BCUT2D eigenvalue weighted by molar-refractivity contribution is 6.33. The SMILES string of the molecule is O=C(c1ccc(OC(F)(F)F)cc1)C(Cl)c1ccccc1. The van der Waals surface area contributed by atoms with Gasteiger partial charge in [0.1, 0.15) is 11.1 Å². The molecule has 21 heavy (non-hydrogen) atoms. The van der Waals surface area contributed by atoms with Crippen molar-refractivity contribution in [2.45, 2.75) is 11.7 Å². The van der Waals surface area contributed by atoms with Crippen molar-refractivity contribution in [3.63, 3.8) is 0 Å². The molecule has 1 atom stereocenters. The fourth-order valence-corrected chi connectivity index (χ4v) is 2.01. The van der Waals surface area contributed by atoms with Gasteiger partial charge in [0.05, 0.1) is 0 Å². The lowest BCUT2D eigenvalue weighted by Crippen LogP contribution is -2.17. The largest absolute Gasteiger partial charge is 0.573 e. The van der Waals surface area contributed by atoms with Crippen LogP contribution in [0, 0.1) is 0 Å². The van der Waals surface area contributed by atoms with E-state index in [2.05, 4.69) is 4.74 Å². The van der Waals surface area contributed by atoms with E-state index in [0.29, 0.717) is 5.56 Å². The zero-order valence-electron chi connectivity index (χ0n) is 10.6. The van der Waals surface area contributed by atoms with Gasteiger partial charge in [0.15, 0.2) is 5.78 Å². The van der Waals surface area contributed by atoms with Gasteiger partial charge in [-0.1, -0.05) is 30.3 Å². The molecule has 0 aromatic heterocycles. The number of Topliss-reactive ketones (excluding diaryl/α,β-unsaturated/α-hetero) is 1. The van der Waals surface area contributed by atoms with Gasteiger partial charge >= 0.3 is 6.36 Å². The molecular formula is C15H10ClF3O2. The van der Waals surface area contributed by atoms with E-state index in [1.54, 1.807) is 30.3 Å². The second-order valence-electron chi connectivity index (χ2n) is 4.21. The standard InChI is InChI=1S/C15H10ClF3O2/c16-13(10-4-2-1-3-5-10)14(20)11-6-8-12(9-7-11)21-15(17,18)19/h1-9,13H. The van der Waals surface area contributed by atoms with Crippen molar-refractivity contribution >= 4 is 17.4 Å². The molecular weight excluding hydrogens is 305 g/mol. The molecule has 0 aliphatic heterocycles. The molecule has 0 radical (unpaired) electrons. The molecule has 0 heterocycles. The Morgan fingerprint density at radius 3 is 2.10 bits per heavy atom. The van der Waals surface area contributed by atoms with Gasteiger partial charge in [-0.15, -0.1) is 24.8 Å². The molecule has 0 aliphatic rings. The van der Waals surface area contributed by atoms with Crippen LogP contribution in [-0.4, -0.2) is 12.1 Å². The van der Waals surface area contributed by atoms with E-state index in [1.807, 2.05) is 0 Å². The Kier molecular flexibility index (Phi) is 4.53. The number of carbonyl (C=O) groups is 1. The lowest BCUT2D eigenvalue weighted by molar-refractivity contribution is -0.274. The minimum Gasteiger partial charge on any atom is -0.406 e. The fourth-order valence-electron chi connectivity index (χ4n) is 1.74. The normalized spacial score (nSPS) is 12.8. The third-order valence-corrected chi connectivity index (χ3v) is 3.15. The summed E-state index contributed by atoms with van der Waals surface area (Å²) in [7, 11) is 0. The number of alkyl halides is 4. The summed E-state index contributed by atoms with van der Waals surface area (Å²) < 4.78 is 39.9. The van der Waals surface area contributed by atoms with Crippen molar-refractivity contribution in [3.8, 4) is 5.75 Å². The number of hydrogen-bond donors (Lipinski definition) is 0. The van der Waals surface area contributed by atoms with Crippen LogP contribution in [0.5, 0.6) is 5.75 Å². The summed E-state index contributed by atoms with van der Waals surface area (Å²) in [6.45, 7) is 0. The predicted octanol–water partition coefficient (Wildman–Crippen LogP) is 4.75. The van der Waals surface area contributed by atoms with Crippen LogP contribution in [0.1, 0.15) is 21.3 Å². The number of ketones is 1. The molecule has 0 spiro atoms. The van der Waals surface area contributed by atoms with Gasteiger partial charge in [0.25, 0.3) is 0 Å². The molecule has 0 saturated carbocycles. The van der Waals surface area contributed by atoms with E-state index in [4.69, 9.17) is 11.6 Å². The van der Waals surface area contributed by atoms with Gasteiger partial charge in [-0.2, -0.15) is 0 Å². The van der Waals surface area contributed by atoms with Crippen LogP contribution in [0.3, 0.4) is 0 Å². The number of ether oxygens (including phenoxy) is 1. The zero-order valence-corrected chi connectivity index (χ0v) is 11.4. The van der Waals surface area contributed by atoms with Crippen molar-refractivity contribution in [1.82, 2.24) is 0 Å². The first-order chi connectivity index (χ1) is 9.87. The average molecular weight is 315 g/mol. The van der Waals surface area contributed by atoms with Crippen LogP contribution < -0.4 is 4.74 Å². The molecule has 2 nitrogen and oxygen atoms in total. The first-order valence-corrected chi connectivity index (χ1v) is 6.39. The number of benzene rings is 2. The molecule has 1 unspecified atom stereocenters. The quantitative estimate of drug-likeness (QED) is 0.601. The summed E-state index contributed by atoms with van der Waals surface area (Å²) in [4.78, 5) is 12.1. The maximum absolute atomic E-state index is 12.1. The van der Waals surface area contributed by atoms with Crippen LogP contribution >= 0.6 is 11.6 Å². The molecule has 2 aromatic carbocycles. The summed E-state index contributed by atoms with van der Waals surface area (Å²) in [6, 6.07) is 13.4. The van der Waals surface area contributed by atoms with E-state index in [9.17, 15) is 18.0 Å². The molecule has 2 rings (SSSR count). The monoisotopic (exact) mass is 314 g/mol. The molecule has 110 valence electrons. The minimum atomic E-state index is -4.76. The van der Waals surface area contributed by atoms with E-state index in [1.165, 1.54) is 12.1 Å². The van der Waals surface area contributed by atoms with Crippen molar-refractivity contribution in [2.75, 3.05) is 0 Å². The molecule has 0 bridgehead atoms. The second-order valence-corrected chi connectivity index (χ2v) is 4.65. The molecule has 0 fully saturated rings. The highest BCUT2D eigenvalue weighted by Gasteiger charge is 2.31. The van der Waals surface area contributed by atoms with Crippen LogP contribution in [0.4, 0.5) is 13.2 Å². The van der Waals surface area contributed by atoms with Crippen LogP contribution in [0.15, 0.2) is 54.6 Å². The van der Waals surface area contributed by atoms with Crippen LogP contribution in [-0.2, 0) is 0 Å². The van der Waals surface area contributed by atoms with Gasteiger partial charge in [-0.05, 0) is 29.8 Å². The Morgan fingerprint density at radius 1 is 1.00 bits per heavy atom. The lowest BCUT2D eigenvalue weighted by atomic mass is 10.0. The maximum Gasteiger partial charge on any atom is 0.573 e. The van der Waals surface area contributed by atoms with Crippen molar-refractivity contribution in [3.05, 3.63) is 65.7 Å². The van der Waals surface area contributed by atoms with Crippen molar-refractivity contribution in [1.29, 1.82) is 0 Å². The zero-order chi connectivity index (χ0) is 15.5. The predicted molar refractivity (Wildman–Crippen MR) is 72.5 cm³/mol. The molecule has 0 N–H and O–H groups in total. The average Bonchev–Trinajstić information content (AvgIpc) is 2.46. The summed E-state index contributed by atoms with van der Waals surface area (Å²) in [5.74, 6) is -0.772. The molecule has 0 amide bonds. The van der Waals surface area contributed by atoms with Gasteiger partial charge in [0, 0.05) is 5.56 Å². The smallest absolute Gasteiger partial charge is 0.406 e. The Bertz CT molecular complexity index is 609. The third-order valence-electron chi connectivity index (χ3n) is 2.69. The molecule has 2 aromatic rings. The van der Waals surface area contributed by atoms with Crippen LogP contribution in [0.2, 0.25) is 0 Å². The van der Waals surface area contributed by atoms with Crippen molar-refractivity contribution in [2.24, 2.45) is 0 Å². The fraction of sp³-hybridized carbons (Fsp3) is 0.133. The van der Waals surface area contributed by atoms with Crippen LogP contribution in [0.25, 0.3) is 0 Å². The maximum atomic E-state index is 12.1. The highest BCUT2D eigenvalue weighted by Crippen LogP contribution is 2.27. The van der Waals surface area contributed by atoms with E-state index >= 15 is 0 Å². The summed E-state index contributed by atoms with van der Waals surface area (Å²) in [5, 5.41) is -0.888. The topological polar surface area (TPSA) is 26.3 Å². The molecule has 6 heteroatoms. The van der Waals surface area contributed by atoms with Gasteiger partial charge in [0.2, 0.25) is 0 Å². The van der Waals surface area contributed by atoms with Gasteiger partial charge < -0.3 is 4.74 Å². The minimum absolute atomic E-state index is 0.216. The number of rotatable bonds is 4. The molecule has 0 saturated heterocycles.